The SMILES string of the molecule is Cc1cc(CCC(=O)C(C)c2ccc(CNC(=O)OC(C)(C)C)nc2)n(-c2cccc(Cl)c2)n1. The molecular formula is C26H31ClN4O3. The van der Waals surface area contributed by atoms with Gasteiger partial charge in [0.1, 0.15) is 11.4 Å². The maximum absolute atomic E-state index is 12.9. The van der Waals surface area contributed by atoms with Crippen molar-refractivity contribution in [1.29, 1.82) is 0 Å². The molecule has 0 fully saturated rings. The Balaban J connectivity index is 1.58. The number of benzene rings is 1. The number of nitrogens with zero attached hydrogens (tertiary/aromatic N) is 3. The van der Waals surface area contributed by atoms with E-state index in [1.54, 1.807) is 6.20 Å². The summed E-state index contributed by atoms with van der Waals surface area (Å²) < 4.78 is 7.07. The largest absolute Gasteiger partial charge is 0.444 e. The molecule has 2 aromatic heterocycles. The Morgan fingerprint density at radius 3 is 2.59 bits per heavy atom. The zero-order valence-electron chi connectivity index (χ0n) is 20.3. The van der Waals surface area contributed by atoms with Crippen LogP contribution in [-0.2, 0) is 22.5 Å². The Morgan fingerprint density at radius 1 is 1.18 bits per heavy atom. The zero-order valence-corrected chi connectivity index (χ0v) is 21.0. The van der Waals surface area contributed by atoms with Gasteiger partial charge >= 0.3 is 6.09 Å². The summed E-state index contributed by atoms with van der Waals surface area (Å²) in [5.74, 6) is -0.165. The summed E-state index contributed by atoms with van der Waals surface area (Å²) in [5.41, 5.74) is 3.69. The van der Waals surface area contributed by atoms with E-state index in [0.29, 0.717) is 23.6 Å². The highest BCUT2D eigenvalue weighted by atomic mass is 35.5. The van der Waals surface area contributed by atoms with Crippen molar-refractivity contribution in [3.05, 3.63) is 76.3 Å². The molecule has 0 radical (unpaired) electrons. The second kappa shape index (κ2) is 10.8. The monoisotopic (exact) mass is 482 g/mol. The van der Waals surface area contributed by atoms with E-state index in [4.69, 9.17) is 16.3 Å². The van der Waals surface area contributed by atoms with Gasteiger partial charge in [0.2, 0.25) is 0 Å². The van der Waals surface area contributed by atoms with Crippen LogP contribution in [-0.4, -0.2) is 32.2 Å². The molecule has 2 heterocycles. The molecule has 1 aromatic carbocycles. The smallest absolute Gasteiger partial charge is 0.407 e. The second-order valence-electron chi connectivity index (χ2n) is 9.30. The Morgan fingerprint density at radius 2 is 1.94 bits per heavy atom. The highest BCUT2D eigenvalue weighted by molar-refractivity contribution is 6.30. The van der Waals surface area contributed by atoms with E-state index < -0.39 is 11.7 Å². The van der Waals surface area contributed by atoms with Crippen molar-refractivity contribution in [2.24, 2.45) is 0 Å². The fourth-order valence-electron chi connectivity index (χ4n) is 3.49. The lowest BCUT2D eigenvalue weighted by Gasteiger charge is -2.19. The number of hydrogen-bond donors (Lipinski definition) is 1. The quantitative estimate of drug-likeness (QED) is 0.454. The number of carbonyl (C=O) groups is 2. The number of alkyl carbamates (subject to hydrolysis) is 1. The molecule has 0 saturated carbocycles. The first-order valence-corrected chi connectivity index (χ1v) is 11.7. The van der Waals surface area contributed by atoms with Crippen LogP contribution in [0.3, 0.4) is 0 Å². The molecule has 1 unspecified atom stereocenters. The van der Waals surface area contributed by atoms with Crippen molar-refractivity contribution in [2.75, 3.05) is 0 Å². The van der Waals surface area contributed by atoms with E-state index >= 15 is 0 Å². The number of Topliss-reactive ketones (excluding diaryl/α,β-unsaturated/α-hetero) is 1. The van der Waals surface area contributed by atoms with Gasteiger partial charge in [0.15, 0.2) is 0 Å². The standard InChI is InChI=1S/C26H31ClN4O3/c1-17-13-23(31(30-17)22-8-6-7-20(27)14-22)11-12-24(32)18(2)19-9-10-21(28-15-19)16-29-25(33)34-26(3,4)5/h6-10,13-15,18H,11-12,16H2,1-5H3,(H,29,33). The topological polar surface area (TPSA) is 86.1 Å². The Labute approximate surface area is 205 Å². The third kappa shape index (κ3) is 7.15. The van der Waals surface area contributed by atoms with Crippen molar-refractivity contribution in [3.63, 3.8) is 0 Å². The number of carbonyl (C=O) groups excluding carboxylic acids is 2. The van der Waals surface area contributed by atoms with Crippen LogP contribution < -0.4 is 5.32 Å². The van der Waals surface area contributed by atoms with Gasteiger partial charge in [-0.1, -0.05) is 30.7 Å². The average molecular weight is 483 g/mol. The summed E-state index contributed by atoms with van der Waals surface area (Å²) in [6.07, 6.45) is 2.15. The average Bonchev–Trinajstić information content (AvgIpc) is 3.15. The summed E-state index contributed by atoms with van der Waals surface area (Å²) >= 11 is 6.13. The number of rotatable bonds is 8. The lowest BCUT2D eigenvalue weighted by Crippen LogP contribution is -2.32. The molecule has 34 heavy (non-hydrogen) atoms. The third-order valence-electron chi connectivity index (χ3n) is 5.23. The van der Waals surface area contributed by atoms with Gasteiger partial charge < -0.3 is 10.1 Å². The van der Waals surface area contributed by atoms with Gasteiger partial charge in [-0.15, -0.1) is 0 Å². The molecule has 0 aliphatic heterocycles. The number of pyridine rings is 1. The van der Waals surface area contributed by atoms with E-state index in [9.17, 15) is 9.59 Å². The van der Waals surface area contributed by atoms with Gasteiger partial charge in [-0.2, -0.15) is 5.10 Å². The van der Waals surface area contributed by atoms with Crippen molar-refractivity contribution >= 4 is 23.5 Å². The highest BCUT2D eigenvalue weighted by Gasteiger charge is 2.18. The number of amides is 1. The summed E-state index contributed by atoms with van der Waals surface area (Å²) in [5, 5.41) is 7.88. The van der Waals surface area contributed by atoms with Crippen LogP contribution in [0.25, 0.3) is 5.69 Å². The van der Waals surface area contributed by atoms with Crippen molar-refractivity contribution in [1.82, 2.24) is 20.1 Å². The molecule has 1 N–H and O–H groups in total. The van der Waals surface area contributed by atoms with Crippen LogP contribution in [0.4, 0.5) is 4.79 Å². The van der Waals surface area contributed by atoms with E-state index in [-0.39, 0.29) is 18.2 Å². The van der Waals surface area contributed by atoms with Gasteiger partial charge in [-0.05, 0) is 70.0 Å². The van der Waals surface area contributed by atoms with E-state index in [1.165, 1.54) is 0 Å². The number of halogens is 1. The van der Waals surface area contributed by atoms with E-state index in [1.807, 2.05) is 81.8 Å². The maximum atomic E-state index is 12.9. The van der Waals surface area contributed by atoms with Gasteiger partial charge in [0, 0.05) is 29.3 Å². The van der Waals surface area contributed by atoms with Gasteiger partial charge in [0.05, 0.1) is 23.6 Å². The Kier molecular flexibility index (Phi) is 8.10. The summed E-state index contributed by atoms with van der Waals surface area (Å²) in [6, 6.07) is 13.2. The van der Waals surface area contributed by atoms with Crippen LogP contribution in [0.2, 0.25) is 5.02 Å². The number of nitrogens with one attached hydrogen (secondary N) is 1. The van der Waals surface area contributed by atoms with Crippen LogP contribution in [0.5, 0.6) is 0 Å². The molecule has 0 aliphatic rings. The van der Waals surface area contributed by atoms with E-state index in [0.717, 1.165) is 22.6 Å². The molecule has 8 heteroatoms. The van der Waals surface area contributed by atoms with Crippen LogP contribution >= 0.6 is 11.6 Å². The lowest BCUT2D eigenvalue weighted by molar-refractivity contribution is -0.120. The van der Waals surface area contributed by atoms with E-state index in [2.05, 4.69) is 15.4 Å². The first-order valence-electron chi connectivity index (χ1n) is 11.3. The minimum absolute atomic E-state index is 0.123. The number of hydrogen-bond acceptors (Lipinski definition) is 5. The van der Waals surface area contributed by atoms with Gasteiger partial charge in [-0.3, -0.25) is 9.78 Å². The molecule has 0 aliphatic carbocycles. The molecule has 0 spiro atoms. The minimum atomic E-state index is -0.554. The van der Waals surface area contributed by atoms with Gasteiger partial charge in [-0.25, -0.2) is 9.48 Å². The molecule has 0 bridgehead atoms. The minimum Gasteiger partial charge on any atom is -0.444 e. The lowest BCUT2D eigenvalue weighted by atomic mass is 9.94. The highest BCUT2D eigenvalue weighted by Crippen LogP contribution is 2.21. The maximum Gasteiger partial charge on any atom is 0.407 e. The second-order valence-corrected chi connectivity index (χ2v) is 9.73. The molecule has 0 saturated heterocycles. The van der Waals surface area contributed by atoms with Crippen molar-refractivity contribution in [2.45, 2.75) is 65.5 Å². The van der Waals surface area contributed by atoms with Crippen molar-refractivity contribution < 1.29 is 14.3 Å². The molecule has 3 rings (SSSR count). The van der Waals surface area contributed by atoms with Gasteiger partial charge in [0.25, 0.3) is 0 Å². The molecule has 1 amide bonds. The zero-order chi connectivity index (χ0) is 24.9. The summed E-state index contributed by atoms with van der Waals surface area (Å²) in [4.78, 5) is 29.1. The normalized spacial score (nSPS) is 12.3. The number of ether oxygens (including phenoxy) is 1. The first kappa shape index (κ1) is 25.4. The summed E-state index contributed by atoms with van der Waals surface area (Å²) in [6.45, 7) is 9.50. The van der Waals surface area contributed by atoms with Crippen LogP contribution in [0.15, 0.2) is 48.7 Å². The fraction of sp³-hybridized carbons (Fsp3) is 0.385. The third-order valence-corrected chi connectivity index (χ3v) is 5.46. The van der Waals surface area contributed by atoms with Crippen molar-refractivity contribution in [3.8, 4) is 5.69 Å². The number of aryl methyl sites for hydroxylation is 2. The molecular weight excluding hydrogens is 452 g/mol. The first-order chi connectivity index (χ1) is 16.0. The molecule has 180 valence electrons. The molecule has 1 atom stereocenters. The van der Waals surface area contributed by atoms with Crippen LogP contribution in [0, 0.1) is 6.92 Å². The number of aromatic nitrogens is 3. The summed E-state index contributed by atoms with van der Waals surface area (Å²) in [7, 11) is 0. The fourth-order valence-corrected chi connectivity index (χ4v) is 3.67. The predicted octanol–water partition coefficient (Wildman–Crippen LogP) is 5.56. The number of ketones is 1. The Bertz CT molecular complexity index is 1150. The predicted molar refractivity (Wildman–Crippen MR) is 132 cm³/mol. The molecule has 7 nitrogen and oxygen atoms in total. The van der Waals surface area contributed by atoms with Crippen LogP contribution in [0.1, 0.15) is 62.7 Å². The molecule has 3 aromatic rings. The Hall–Kier alpha value is -3.19.